The summed E-state index contributed by atoms with van der Waals surface area (Å²) >= 11 is 0. The zero-order chi connectivity index (χ0) is 14.8. The fourth-order valence-corrected chi connectivity index (χ4v) is 2.77. The van der Waals surface area contributed by atoms with Crippen molar-refractivity contribution in [1.82, 2.24) is 10.6 Å². The molecular weight excluding hydrogens is 314 g/mol. The third-order valence-electron chi connectivity index (χ3n) is 3.44. The minimum absolute atomic E-state index is 0. The van der Waals surface area contributed by atoms with Crippen molar-refractivity contribution < 1.29 is 13.2 Å². The Bertz CT molecular complexity index is 583. The fraction of sp³-hybridized carbons (Fsp3) is 0.462. The van der Waals surface area contributed by atoms with Crippen molar-refractivity contribution >= 4 is 28.3 Å². The first-order chi connectivity index (χ1) is 9.38. The lowest BCUT2D eigenvalue weighted by molar-refractivity contribution is -0.123. The first-order valence-electron chi connectivity index (χ1n) is 6.54. The van der Waals surface area contributed by atoms with Gasteiger partial charge >= 0.3 is 0 Å². The van der Waals surface area contributed by atoms with Crippen LogP contribution in [-0.4, -0.2) is 26.9 Å². The second-order valence-corrected chi connectivity index (χ2v) is 6.55. The van der Waals surface area contributed by atoms with Crippen molar-refractivity contribution in [2.24, 2.45) is 5.14 Å². The molecule has 2 rings (SSSR count). The molecule has 4 N–H and O–H groups in total. The first kappa shape index (κ1) is 17.9. The number of hydrogen-bond acceptors (Lipinski definition) is 4. The number of amides is 1. The van der Waals surface area contributed by atoms with Gasteiger partial charge in [0.1, 0.15) is 0 Å². The molecule has 0 bridgehead atoms. The Morgan fingerprint density at radius 1 is 1.38 bits per heavy atom. The lowest BCUT2D eigenvalue weighted by Crippen LogP contribution is -2.41. The van der Waals surface area contributed by atoms with Gasteiger partial charge in [0.25, 0.3) is 0 Å². The summed E-state index contributed by atoms with van der Waals surface area (Å²) in [6.45, 7) is 2.73. The standard InChI is InChI=1S/C13H19N3O3S.ClH/c1-9(16-13(17)12-3-2-8-15-12)10-4-6-11(7-5-10)20(14,18)19;/h4-7,9,12,15H,2-3,8H2,1H3,(H,16,17)(H2,14,18,19);1H. The third-order valence-corrected chi connectivity index (χ3v) is 4.37. The lowest BCUT2D eigenvalue weighted by Gasteiger charge is -2.17. The summed E-state index contributed by atoms with van der Waals surface area (Å²) in [6, 6.07) is 5.91. The number of sulfonamides is 1. The minimum Gasteiger partial charge on any atom is -0.348 e. The number of primary sulfonamides is 1. The monoisotopic (exact) mass is 333 g/mol. The number of halogens is 1. The summed E-state index contributed by atoms with van der Waals surface area (Å²) < 4.78 is 22.3. The van der Waals surface area contributed by atoms with Gasteiger partial charge in [0.05, 0.1) is 17.0 Å². The quantitative estimate of drug-likeness (QED) is 0.754. The molecule has 1 aliphatic heterocycles. The summed E-state index contributed by atoms with van der Waals surface area (Å²) in [5.74, 6) is -0.0227. The minimum atomic E-state index is -3.68. The second kappa shape index (κ2) is 7.22. The van der Waals surface area contributed by atoms with Crippen LogP contribution in [0.25, 0.3) is 0 Å². The maximum Gasteiger partial charge on any atom is 0.238 e. The highest BCUT2D eigenvalue weighted by Crippen LogP contribution is 2.16. The topological polar surface area (TPSA) is 101 Å². The van der Waals surface area contributed by atoms with Crippen LogP contribution in [-0.2, 0) is 14.8 Å². The van der Waals surface area contributed by atoms with E-state index in [1.165, 1.54) is 12.1 Å². The molecule has 1 fully saturated rings. The summed E-state index contributed by atoms with van der Waals surface area (Å²) in [4.78, 5) is 12.0. The van der Waals surface area contributed by atoms with Gasteiger partial charge in [-0.1, -0.05) is 12.1 Å². The van der Waals surface area contributed by atoms with E-state index in [2.05, 4.69) is 10.6 Å². The Balaban J connectivity index is 0.00000220. The van der Waals surface area contributed by atoms with Gasteiger partial charge in [0.2, 0.25) is 15.9 Å². The highest BCUT2D eigenvalue weighted by Gasteiger charge is 2.23. The van der Waals surface area contributed by atoms with E-state index < -0.39 is 10.0 Å². The number of benzene rings is 1. The van der Waals surface area contributed by atoms with E-state index in [1.54, 1.807) is 12.1 Å². The zero-order valence-corrected chi connectivity index (χ0v) is 13.3. The van der Waals surface area contributed by atoms with Crippen LogP contribution in [0.4, 0.5) is 0 Å². The van der Waals surface area contributed by atoms with Gasteiger partial charge in [-0.3, -0.25) is 4.79 Å². The van der Waals surface area contributed by atoms with Crippen molar-refractivity contribution in [2.45, 2.75) is 36.7 Å². The van der Waals surface area contributed by atoms with Gasteiger partial charge in [0.15, 0.2) is 0 Å². The van der Waals surface area contributed by atoms with E-state index >= 15 is 0 Å². The Morgan fingerprint density at radius 2 is 2.00 bits per heavy atom. The molecule has 1 aromatic rings. The van der Waals surface area contributed by atoms with E-state index in [0.29, 0.717) is 0 Å². The number of rotatable bonds is 4. The highest BCUT2D eigenvalue weighted by atomic mass is 35.5. The molecule has 0 aromatic heterocycles. The number of carbonyl (C=O) groups excluding carboxylic acids is 1. The first-order valence-corrected chi connectivity index (χ1v) is 8.09. The zero-order valence-electron chi connectivity index (χ0n) is 11.7. The molecule has 1 saturated heterocycles. The van der Waals surface area contributed by atoms with Gasteiger partial charge in [-0.25, -0.2) is 13.6 Å². The normalized spacial score (nSPS) is 19.6. The Kier molecular flexibility index (Phi) is 6.15. The van der Waals surface area contributed by atoms with Crippen molar-refractivity contribution in [1.29, 1.82) is 0 Å². The fourth-order valence-electron chi connectivity index (χ4n) is 2.25. The second-order valence-electron chi connectivity index (χ2n) is 4.99. The molecule has 0 radical (unpaired) electrons. The van der Waals surface area contributed by atoms with Crippen LogP contribution in [0.5, 0.6) is 0 Å². The molecule has 21 heavy (non-hydrogen) atoms. The van der Waals surface area contributed by atoms with E-state index in [9.17, 15) is 13.2 Å². The summed E-state index contributed by atoms with van der Waals surface area (Å²) in [5.41, 5.74) is 0.837. The Hall–Kier alpha value is -1.15. The summed E-state index contributed by atoms with van der Waals surface area (Å²) in [7, 11) is -3.68. The SMILES string of the molecule is CC(NC(=O)C1CCCN1)c1ccc(S(N)(=O)=O)cc1.Cl. The van der Waals surface area contributed by atoms with E-state index in [1.807, 2.05) is 6.92 Å². The Labute approximate surface area is 130 Å². The van der Waals surface area contributed by atoms with Crippen molar-refractivity contribution in [2.75, 3.05) is 6.54 Å². The smallest absolute Gasteiger partial charge is 0.238 e. The number of nitrogens with one attached hydrogen (secondary N) is 2. The lowest BCUT2D eigenvalue weighted by atomic mass is 10.1. The molecule has 2 atom stereocenters. The van der Waals surface area contributed by atoms with Crippen LogP contribution in [0.15, 0.2) is 29.2 Å². The third kappa shape index (κ3) is 4.67. The molecule has 1 heterocycles. The molecule has 0 saturated carbocycles. The van der Waals surface area contributed by atoms with Crippen LogP contribution >= 0.6 is 12.4 Å². The highest BCUT2D eigenvalue weighted by molar-refractivity contribution is 7.89. The van der Waals surface area contributed by atoms with E-state index in [4.69, 9.17) is 5.14 Å². The molecule has 1 aromatic carbocycles. The summed E-state index contributed by atoms with van der Waals surface area (Å²) in [6.07, 6.45) is 1.86. The average Bonchev–Trinajstić information content (AvgIpc) is 2.91. The van der Waals surface area contributed by atoms with Crippen LogP contribution in [0.2, 0.25) is 0 Å². The molecular formula is C13H20ClN3O3S. The van der Waals surface area contributed by atoms with Gasteiger partial charge in [-0.05, 0) is 44.0 Å². The molecule has 2 unspecified atom stereocenters. The van der Waals surface area contributed by atoms with Gasteiger partial charge < -0.3 is 10.6 Å². The molecule has 0 aliphatic carbocycles. The molecule has 1 aliphatic rings. The number of nitrogens with two attached hydrogens (primary N) is 1. The van der Waals surface area contributed by atoms with Gasteiger partial charge in [-0.15, -0.1) is 12.4 Å². The van der Waals surface area contributed by atoms with Crippen LogP contribution in [0.3, 0.4) is 0 Å². The molecule has 8 heteroatoms. The van der Waals surface area contributed by atoms with Crippen LogP contribution in [0, 0.1) is 0 Å². The summed E-state index contributed by atoms with van der Waals surface area (Å²) in [5, 5.41) is 11.1. The predicted molar refractivity (Wildman–Crippen MR) is 82.6 cm³/mol. The molecule has 0 spiro atoms. The van der Waals surface area contributed by atoms with Crippen molar-refractivity contribution in [3.8, 4) is 0 Å². The largest absolute Gasteiger partial charge is 0.348 e. The molecule has 1 amide bonds. The molecule has 118 valence electrons. The maximum atomic E-state index is 12.0. The Morgan fingerprint density at radius 3 is 2.48 bits per heavy atom. The maximum absolute atomic E-state index is 12.0. The van der Waals surface area contributed by atoms with Crippen molar-refractivity contribution in [3.63, 3.8) is 0 Å². The van der Waals surface area contributed by atoms with Crippen LogP contribution in [0.1, 0.15) is 31.4 Å². The number of carbonyl (C=O) groups is 1. The van der Waals surface area contributed by atoms with Gasteiger partial charge in [0, 0.05) is 0 Å². The van der Waals surface area contributed by atoms with Crippen molar-refractivity contribution in [3.05, 3.63) is 29.8 Å². The van der Waals surface area contributed by atoms with E-state index in [0.717, 1.165) is 24.9 Å². The predicted octanol–water partition coefficient (Wildman–Crippen LogP) is 0.685. The molecule has 6 nitrogen and oxygen atoms in total. The van der Waals surface area contributed by atoms with Gasteiger partial charge in [-0.2, -0.15) is 0 Å². The number of hydrogen-bond donors (Lipinski definition) is 3. The van der Waals surface area contributed by atoms with Crippen LogP contribution < -0.4 is 15.8 Å². The van der Waals surface area contributed by atoms with E-state index in [-0.39, 0.29) is 35.3 Å². The average molecular weight is 334 g/mol.